The molecule has 0 aromatic heterocycles. The summed E-state index contributed by atoms with van der Waals surface area (Å²) in [5.74, 6) is 2.53. The van der Waals surface area contributed by atoms with Gasteiger partial charge in [0.15, 0.2) is 0 Å². The van der Waals surface area contributed by atoms with Crippen LogP contribution in [0.1, 0.15) is 0 Å². The van der Waals surface area contributed by atoms with Crippen LogP contribution in [0.4, 0.5) is 0 Å². The van der Waals surface area contributed by atoms with E-state index >= 15 is 0 Å². The molecule has 4 aromatic carbocycles. The molecular formula is C30H37NP2Si2. The van der Waals surface area contributed by atoms with Crippen molar-refractivity contribution in [3.8, 4) is 0 Å². The SMILES string of the molecule is C[Si](C)(CP(c1ccccc1)c1ccccc1)N[Si](C)(C)CP(c1ccccc1)c1ccccc1. The topological polar surface area (TPSA) is 12.0 Å². The first-order valence-electron chi connectivity index (χ1n) is 12.4. The Morgan fingerprint density at radius 2 is 0.657 bits per heavy atom. The van der Waals surface area contributed by atoms with Crippen molar-refractivity contribution in [3.63, 3.8) is 0 Å². The minimum absolute atomic E-state index is 0.373. The van der Waals surface area contributed by atoms with Gasteiger partial charge in [-0.1, -0.05) is 148 Å². The van der Waals surface area contributed by atoms with Gasteiger partial charge in [-0.25, -0.2) is 0 Å². The highest BCUT2D eigenvalue weighted by Crippen LogP contribution is 2.39. The van der Waals surface area contributed by atoms with E-state index in [-0.39, 0.29) is 15.8 Å². The van der Waals surface area contributed by atoms with E-state index in [9.17, 15) is 0 Å². The van der Waals surface area contributed by atoms with Crippen molar-refractivity contribution in [3.05, 3.63) is 121 Å². The Morgan fingerprint density at radius 3 is 0.886 bits per heavy atom. The van der Waals surface area contributed by atoms with Crippen LogP contribution >= 0.6 is 15.8 Å². The number of hydrogen-bond donors (Lipinski definition) is 1. The van der Waals surface area contributed by atoms with E-state index in [0.717, 1.165) is 0 Å². The summed E-state index contributed by atoms with van der Waals surface area (Å²) in [6.07, 6.45) is 0. The highest BCUT2D eigenvalue weighted by atomic mass is 31.1. The molecule has 0 saturated heterocycles. The predicted molar refractivity (Wildman–Crippen MR) is 166 cm³/mol. The molecule has 1 nitrogen and oxygen atoms in total. The van der Waals surface area contributed by atoms with Crippen LogP contribution in [0, 0.1) is 0 Å². The van der Waals surface area contributed by atoms with Gasteiger partial charge in [0.05, 0.1) is 0 Å². The van der Waals surface area contributed by atoms with E-state index in [1.165, 1.54) is 32.8 Å². The number of rotatable bonds is 10. The molecule has 5 heteroatoms. The smallest absolute Gasteiger partial charge is 0.117 e. The Balaban J connectivity index is 1.57. The summed E-state index contributed by atoms with van der Waals surface area (Å²) in [4.78, 5) is 0. The monoisotopic (exact) mass is 529 g/mol. The van der Waals surface area contributed by atoms with Crippen LogP contribution in [-0.4, -0.2) is 28.0 Å². The first kappa shape index (κ1) is 26.2. The van der Waals surface area contributed by atoms with Gasteiger partial charge in [0.1, 0.15) is 16.5 Å². The minimum Gasteiger partial charge on any atom is -0.359 e. The second-order valence-corrected chi connectivity index (χ2v) is 25.3. The van der Waals surface area contributed by atoms with Crippen molar-refractivity contribution in [2.24, 2.45) is 0 Å². The summed E-state index contributed by atoms with van der Waals surface area (Å²) in [5, 5.41) is 5.97. The van der Waals surface area contributed by atoms with Crippen LogP contribution in [0.25, 0.3) is 0 Å². The fourth-order valence-corrected chi connectivity index (χ4v) is 26.2. The summed E-state index contributed by atoms with van der Waals surface area (Å²) in [7, 11) is -4.12. The molecule has 0 aliphatic heterocycles. The van der Waals surface area contributed by atoms with E-state index in [0.29, 0.717) is 0 Å². The van der Waals surface area contributed by atoms with Crippen molar-refractivity contribution in [1.82, 2.24) is 4.65 Å². The number of nitrogens with one attached hydrogen (secondary N) is 1. The van der Waals surface area contributed by atoms with Gasteiger partial charge in [-0.3, -0.25) is 0 Å². The van der Waals surface area contributed by atoms with Crippen LogP contribution < -0.4 is 25.9 Å². The molecule has 0 radical (unpaired) electrons. The maximum atomic E-state index is 4.38. The van der Waals surface area contributed by atoms with Gasteiger partial charge < -0.3 is 4.65 Å². The van der Waals surface area contributed by atoms with Crippen molar-refractivity contribution < 1.29 is 0 Å². The van der Waals surface area contributed by atoms with Gasteiger partial charge in [-0.15, -0.1) is 0 Å². The third-order valence-electron chi connectivity index (χ3n) is 6.06. The van der Waals surface area contributed by atoms with Gasteiger partial charge in [-0.2, -0.15) is 0 Å². The molecule has 0 heterocycles. The lowest BCUT2D eigenvalue weighted by atomic mass is 10.4. The Labute approximate surface area is 216 Å². The zero-order valence-corrected chi connectivity index (χ0v) is 25.1. The summed E-state index contributed by atoms with van der Waals surface area (Å²) < 4.78 is 4.38. The third kappa shape index (κ3) is 7.56. The average molecular weight is 530 g/mol. The van der Waals surface area contributed by atoms with Crippen molar-refractivity contribution in [2.45, 2.75) is 26.2 Å². The lowest BCUT2D eigenvalue weighted by molar-refractivity contribution is 1.29. The maximum absolute atomic E-state index is 4.38. The van der Waals surface area contributed by atoms with Crippen molar-refractivity contribution in [2.75, 3.05) is 11.6 Å². The van der Waals surface area contributed by atoms with Crippen LogP contribution in [0.2, 0.25) is 26.2 Å². The molecule has 0 unspecified atom stereocenters. The molecule has 0 fully saturated rings. The van der Waals surface area contributed by atoms with Gasteiger partial charge in [-0.05, 0) is 48.6 Å². The molecule has 0 aliphatic rings. The highest BCUT2D eigenvalue weighted by molar-refractivity contribution is 7.75. The fraction of sp³-hybridized carbons (Fsp3) is 0.200. The van der Waals surface area contributed by atoms with Crippen molar-refractivity contribution in [1.29, 1.82) is 0 Å². The van der Waals surface area contributed by atoms with E-state index in [4.69, 9.17) is 0 Å². The van der Waals surface area contributed by atoms with Gasteiger partial charge in [0.25, 0.3) is 0 Å². The summed E-state index contributed by atoms with van der Waals surface area (Å²) in [5.41, 5.74) is 0. The number of benzene rings is 4. The Hall–Kier alpha value is -1.87. The van der Waals surface area contributed by atoms with Gasteiger partial charge in [0.2, 0.25) is 0 Å². The Bertz CT molecular complexity index is 996. The largest absolute Gasteiger partial charge is 0.359 e. The molecule has 0 amide bonds. The van der Waals surface area contributed by atoms with E-state index in [2.05, 4.69) is 152 Å². The zero-order chi connectivity index (χ0) is 24.7. The zero-order valence-electron chi connectivity index (χ0n) is 21.4. The standard InChI is InChI=1S/C30H37NP2Si2/c1-34(2,25-32(27-17-9-5-10-18-27)28-19-11-6-12-20-28)31-35(3,4)26-33(29-21-13-7-14-22-29)30-23-15-8-16-24-30/h5-24,31H,25-26H2,1-4H3. The second kappa shape index (κ2) is 11.9. The van der Waals surface area contributed by atoms with Crippen LogP contribution in [0.3, 0.4) is 0 Å². The predicted octanol–water partition coefficient (Wildman–Crippen LogP) is 6.33. The van der Waals surface area contributed by atoms with E-state index in [1.807, 2.05) is 0 Å². The molecule has 4 rings (SSSR count). The lowest BCUT2D eigenvalue weighted by Crippen LogP contribution is -2.63. The van der Waals surface area contributed by atoms with Crippen LogP contribution in [-0.2, 0) is 0 Å². The van der Waals surface area contributed by atoms with Gasteiger partial charge in [0, 0.05) is 0 Å². The summed E-state index contributed by atoms with van der Waals surface area (Å²) >= 11 is 0. The van der Waals surface area contributed by atoms with Crippen LogP contribution in [0.15, 0.2) is 121 Å². The molecule has 4 aromatic rings. The molecule has 0 bridgehead atoms. The molecule has 1 N–H and O–H groups in total. The molecule has 0 spiro atoms. The molecule has 0 atom stereocenters. The summed E-state index contributed by atoms with van der Waals surface area (Å²) in [6.45, 7) is 10.2. The number of hydrogen-bond acceptors (Lipinski definition) is 1. The van der Waals surface area contributed by atoms with Crippen LogP contribution in [0.5, 0.6) is 0 Å². The first-order chi connectivity index (χ1) is 16.8. The van der Waals surface area contributed by atoms with E-state index < -0.39 is 16.5 Å². The highest BCUT2D eigenvalue weighted by Gasteiger charge is 2.36. The lowest BCUT2D eigenvalue weighted by Gasteiger charge is -2.39. The normalized spacial score (nSPS) is 12.3. The molecule has 0 aliphatic carbocycles. The minimum atomic E-state index is -1.69. The maximum Gasteiger partial charge on any atom is 0.117 e. The molecular weight excluding hydrogens is 492 g/mol. The fourth-order valence-electron chi connectivity index (χ4n) is 4.88. The van der Waals surface area contributed by atoms with Crippen molar-refractivity contribution >= 4 is 53.5 Å². The third-order valence-corrected chi connectivity index (χ3v) is 24.0. The Kier molecular flexibility index (Phi) is 8.92. The molecule has 35 heavy (non-hydrogen) atoms. The quantitative estimate of drug-likeness (QED) is 0.187. The first-order valence-corrected chi connectivity index (χ1v) is 21.8. The van der Waals surface area contributed by atoms with E-state index in [1.54, 1.807) is 0 Å². The molecule has 0 saturated carbocycles. The summed E-state index contributed by atoms with van der Waals surface area (Å²) in [6, 6.07) is 44.7. The van der Waals surface area contributed by atoms with Gasteiger partial charge >= 0.3 is 0 Å². The molecule has 180 valence electrons. The second-order valence-electron chi connectivity index (χ2n) is 10.4. The average Bonchev–Trinajstić information content (AvgIpc) is 2.87. The Morgan fingerprint density at radius 1 is 0.429 bits per heavy atom.